The van der Waals surface area contributed by atoms with Gasteiger partial charge in [-0.15, -0.1) is 5.06 Å². The zero-order valence-corrected chi connectivity index (χ0v) is 12.2. The van der Waals surface area contributed by atoms with Crippen molar-refractivity contribution in [2.75, 3.05) is 12.8 Å². The van der Waals surface area contributed by atoms with Gasteiger partial charge in [-0.2, -0.15) is 0 Å². The second-order valence-corrected chi connectivity index (χ2v) is 5.17. The maximum absolute atomic E-state index is 6.23. The number of aryl methyl sites for hydroxylation is 1. The molecule has 4 N–H and O–H groups in total. The van der Waals surface area contributed by atoms with E-state index in [0.717, 1.165) is 28.2 Å². The number of hydrogen-bond donors (Lipinski definition) is 2. The fourth-order valence-corrected chi connectivity index (χ4v) is 2.63. The van der Waals surface area contributed by atoms with E-state index in [-0.39, 0.29) is 6.17 Å². The summed E-state index contributed by atoms with van der Waals surface area (Å²) in [6.45, 7) is 2.60. The first kappa shape index (κ1) is 13.7. The molecule has 5 nitrogen and oxygen atoms in total. The molecule has 0 aliphatic carbocycles. The van der Waals surface area contributed by atoms with E-state index in [2.05, 4.69) is 6.07 Å². The summed E-state index contributed by atoms with van der Waals surface area (Å²) < 4.78 is 5.27. The van der Waals surface area contributed by atoms with Crippen LogP contribution in [0.3, 0.4) is 0 Å². The normalized spacial score (nSPS) is 17.4. The summed E-state index contributed by atoms with van der Waals surface area (Å²) in [7, 11) is 1.67. The number of anilines is 1. The van der Waals surface area contributed by atoms with E-state index in [0.29, 0.717) is 12.2 Å². The van der Waals surface area contributed by atoms with E-state index in [9.17, 15) is 0 Å². The molecule has 1 heterocycles. The van der Waals surface area contributed by atoms with Crippen molar-refractivity contribution in [2.45, 2.75) is 19.6 Å². The topological polar surface area (TPSA) is 73.7 Å². The molecule has 110 valence electrons. The lowest BCUT2D eigenvalue weighted by atomic mass is 10.1. The smallest absolute Gasteiger partial charge is 0.155 e. The molecular formula is C16H19N3O2. The van der Waals surface area contributed by atoms with Gasteiger partial charge in [0.25, 0.3) is 0 Å². The molecule has 0 spiro atoms. The first-order valence-corrected chi connectivity index (χ1v) is 6.82. The summed E-state index contributed by atoms with van der Waals surface area (Å²) in [4.78, 5) is 5.80. The summed E-state index contributed by atoms with van der Waals surface area (Å²) >= 11 is 0. The minimum absolute atomic E-state index is 0.358. The quantitative estimate of drug-likeness (QED) is 0.847. The van der Waals surface area contributed by atoms with Gasteiger partial charge in [-0.25, -0.2) is 0 Å². The molecular weight excluding hydrogens is 266 g/mol. The number of nitrogens with zero attached hydrogens (tertiary/aromatic N) is 1. The average Bonchev–Trinajstić information content (AvgIpc) is 2.77. The van der Waals surface area contributed by atoms with Crippen LogP contribution in [0.25, 0.3) is 0 Å². The lowest BCUT2D eigenvalue weighted by Gasteiger charge is -2.20. The highest BCUT2D eigenvalue weighted by Gasteiger charge is 2.31. The molecule has 1 aliphatic rings. The van der Waals surface area contributed by atoms with Crippen LogP contribution in [0, 0.1) is 6.92 Å². The number of nitrogens with two attached hydrogens (primary N) is 2. The number of nitrogen functional groups attached to an aromatic ring is 1. The van der Waals surface area contributed by atoms with Gasteiger partial charge >= 0.3 is 0 Å². The molecule has 0 saturated heterocycles. The van der Waals surface area contributed by atoms with Crippen LogP contribution < -0.4 is 21.0 Å². The van der Waals surface area contributed by atoms with Crippen LogP contribution in [-0.4, -0.2) is 12.2 Å². The van der Waals surface area contributed by atoms with Gasteiger partial charge in [0.2, 0.25) is 0 Å². The van der Waals surface area contributed by atoms with Crippen molar-refractivity contribution in [3.8, 4) is 11.5 Å². The highest BCUT2D eigenvalue weighted by atomic mass is 16.7. The minimum atomic E-state index is -0.358. The molecule has 1 atom stereocenters. The third kappa shape index (κ3) is 2.41. The van der Waals surface area contributed by atoms with Gasteiger partial charge in [0, 0.05) is 5.69 Å². The summed E-state index contributed by atoms with van der Waals surface area (Å²) in [5, 5.41) is 1.74. The Balaban J connectivity index is 1.81. The molecule has 0 radical (unpaired) electrons. The van der Waals surface area contributed by atoms with Gasteiger partial charge in [-0.3, -0.25) is 0 Å². The van der Waals surface area contributed by atoms with Crippen LogP contribution in [-0.2, 0) is 6.54 Å². The molecule has 3 rings (SSSR count). The summed E-state index contributed by atoms with van der Waals surface area (Å²) in [6, 6.07) is 11.6. The first-order valence-electron chi connectivity index (χ1n) is 6.82. The van der Waals surface area contributed by atoms with Crippen molar-refractivity contribution in [3.05, 3.63) is 53.1 Å². The molecule has 0 bridgehead atoms. The Morgan fingerprint density at radius 1 is 1.29 bits per heavy atom. The molecule has 0 aromatic heterocycles. The number of benzene rings is 2. The van der Waals surface area contributed by atoms with Gasteiger partial charge < -0.3 is 21.0 Å². The Bertz CT molecular complexity index is 673. The summed E-state index contributed by atoms with van der Waals surface area (Å²) in [5.41, 5.74) is 15.9. The Hall–Kier alpha value is -2.24. The van der Waals surface area contributed by atoms with E-state index in [1.165, 1.54) is 0 Å². The highest BCUT2D eigenvalue weighted by Crippen LogP contribution is 2.38. The van der Waals surface area contributed by atoms with Crippen LogP contribution in [0.1, 0.15) is 22.9 Å². The van der Waals surface area contributed by atoms with Gasteiger partial charge in [-0.1, -0.05) is 18.2 Å². The molecule has 0 saturated carbocycles. The standard InChI is InChI=1S/C16H19N3O2/c1-10-8-11(6-7-13(10)20-2)9-19-16(18)15-12(17)4-3-5-14(15)21-19/h3-8,16H,9,17-18H2,1-2H3. The monoisotopic (exact) mass is 285 g/mol. The predicted molar refractivity (Wildman–Crippen MR) is 81.7 cm³/mol. The number of fused-ring (bicyclic) bond motifs is 1. The molecule has 0 amide bonds. The number of hydroxylamine groups is 2. The fraction of sp³-hybridized carbons (Fsp3) is 0.250. The van der Waals surface area contributed by atoms with Gasteiger partial charge in [-0.05, 0) is 36.2 Å². The Labute approximate surface area is 124 Å². The van der Waals surface area contributed by atoms with Gasteiger partial charge in [0.1, 0.15) is 11.9 Å². The molecule has 21 heavy (non-hydrogen) atoms. The van der Waals surface area contributed by atoms with Crippen molar-refractivity contribution in [3.63, 3.8) is 0 Å². The number of ether oxygens (including phenoxy) is 1. The molecule has 1 unspecified atom stereocenters. The Morgan fingerprint density at radius 2 is 2.10 bits per heavy atom. The van der Waals surface area contributed by atoms with Gasteiger partial charge in [0.15, 0.2) is 5.75 Å². The van der Waals surface area contributed by atoms with E-state index in [4.69, 9.17) is 21.0 Å². The Kier molecular flexibility index (Phi) is 3.45. The van der Waals surface area contributed by atoms with Crippen LogP contribution in [0.2, 0.25) is 0 Å². The Morgan fingerprint density at radius 3 is 2.76 bits per heavy atom. The fourth-order valence-electron chi connectivity index (χ4n) is 2.63. The summed E-state index contributed by atoms with van der Waals surface area (Å²) in [6.07, 6.45) is -0.358. The average molecular weight is 285 g/mol. The number of rotatable bonds is 3. The van der Waals surface area contributed by atoms with E-state index in [1.807, 2.05) is 37.3 Å². The molecule has 2 aromatic rings. The third-order valence-electron chi connectivity index (χ3n) is 3.72. The molecule has 0 fully saturated rings. The third-order valence-corrected chi connectivity index (χ3v) is 3.72. The summed E-state index contributed by atoms with van der Waals surface area (Å²) in [5.74, 6) is 1.60. The highest BCUT2D eigenvalue weighted by molar-refractivity contribution is 5.57. The van der Waals surface area contributed by atoms with Crippen LogP contribution in [0.15, 0.2) is 36.4 Å². The van der Waals surface area contributed by atoms with E-state index in [1.54, 1.807) is 12.2 Å². The zero-order valence-electron chi connectivity index (χ0n) is 12.2. The molecule has 2 aromatic carbocycles. The van der Waals surface area contributed by atoms with Crippen molar-refractivity contribution in [2.24, 2.45) is 5.73 Å². The molecule has 5 heteroatoms. The maximum Gasteiger partial charge on any atom is 0.155 e. The zero-order chi connectivity index (χ0) is 15.0. The predicted octanol–water partition coefficient (Wildman–Crippen LogP) is 2.35. The first-order chi connectivity index (χ1) is 10.1. The maximum atomic E-state index is 6.23. The van der Waals surface area contributed by atoms with Gasteiger partial charge in [0.05, 0.1) is 19.2 Å². The minimum Gasteiger partial charge on any atom is -0.496 e. The van der Waals surface area contributed by atoms with Crippen LogP contribution in [0.5, 0.6) is 11.5 Å². The molecule has 1 aliphatic heterocycles. The van der Waals surface area contributed by atoms with Crippen LogP contribution >= 0.6 is 0 Å². The van der Waals surface area contributed by atoms with Crippen molar-refractivity contribution in [1.82, 2.24) is 5.06 Å². The largest absolute Gasteiger partial charge is 0.496 e. The second kappa shape index (κ2) is 5.27. The number of methoxy groups -OCH3 is 1. The van der Waals surface area contributed by atoms with E-state index >= 15 is 0 Å². The lowest BCUT2D eigenvalue weighted by molar-refractivity contribution is -0.0781. The van der Waals surface area contributed by atoms with Crippen molar-refractivity contribution < 1.29 is 9.57 Å². The lowest BCUT2D eigenvalue weighted by Crippen LogP contribution is -2.31. The van der Waals surface area contributed by atoms with Crippen molar-refractivity contribution >= 4 is 5.69 Å². The van der Waals surface area contributed by atoms with Crippen molar-refractivity contribution in [1.29, 1.82) is 0 Å². The second-order valence-electron chi connectivity index (χ2n) is 5.17. The van der Waals surface area contributed by atoms with Crippen LogP contribution in [0.4, 0.5) is 5.69 Å². The van der Waals surface area contributed by atoms with E-state index < -0.39 is 0 Å². The number of hydrogen-bond acceptors (Lipinski definition) is 5. The SMILES string of the molecule is COc1ccc(CN2Oc3cccc(N)c3C2N)cc1C.